The van der Waals surface area contributed by atoms with Crippen LogP contribution in [0.25, 0.3) is 6.08 Å². The van der Waals surface area contributed by atoms with Crippen LogP contribution in [0.1, 0.15) is 5.56 Å². The Morgan fingerprint density at radius 3 is 2.35 bits per heavy atom. The maximum absolute atomic E-state index is 13.0. The van der Waals surface area contributed by atoms with E-state index < -0.39 is 29.0 Å². The van der Waals surface area contributed by atoms with Gasteiger partial charge in [0.15, 0.2) is 17.4 Å². The smallest absolute Gasteiger partial charge is 0.297 e. The standard InChI is InChI=1S/C10H5F3N2O2/c11-6-1-5(2-7(12)9(6)16)3-8-10(17)14-4-15(8)13/h1-4,16H. The van der Waals surface area contributed by atoms with Gasteiger partial charge in [-0.2, -0.15) is 10.1 Å². The molecule has 1 N–H and O–H groups in total. The van der Waals surface area contributed by atoms with Crippen LogP contribution in [0.15, 0.2) is 22.8 Å². The molecule has 1 aromatic rings. The molecule has 0 atom stereocenters. The molecular formula is C10H5F3N2O2. The van der Waals surface area contributed by atoms with Crippen LogP contribution in [0.2, 0.25) is 0 Å². The first-order chi connectivity index (χ1) is 7.99. The minimum Gasteiger partial charge on any atom is -0.503 e. The SMILES string of the molecule is O=C1N=CN(F)C1=Cc1cc(F)c(O)c(F)c1. The lowest BCUT2D eigenvalue weighted by Gasteiger charge is -2.03. The molecular weight excluding hydrogens is 237 g/mol. The van der Waals surface area contributed by atoms with Gasteiger partial charge in [0.2, 0.25) is 0 Å². The molecule has 7 heteroatoms. The monoisotopic (exact) mass is 242 g/mol. The molecule has 0 saturated carbocycles. The predicted octanol–water partition coefficient (Wildman–Crippen LogP) is 1.77. The maximum Gasteiger partial charge on any atom is 0.297 e. The van der Waals surface area contributed by atoms with Crippen LogP contribution < -0.4 is 0 Å². The Morgan fingerprint density at radius 1 is 1.29 bits per heavy atom. The second-order valence-electron chi connectivity index (χ2n) is 3.22. The fourth-order valence-corrected chi connectivity index (χ4v) is 1.27. The van der Waals surface area contributed by atoms with Crippen LogP contribution in [-0.2, 0) is 4.79 Å². The van der Waals surface area contributed by atoms with Gasteiger partial charge in [0, 0.05) is 0 Å². The van der Waals surface area contributed by atoms with Gasteiger partial charge >= 0.3 is 0 Å². The topological polar surface area (TPSA) is 52.9 Å². The molecule has 0 radical (unpaired) electrons. The van der Waals surface area contributed by atoms with Gasteiger partial charge in [0.05, 0.1) is 0 Å². The number of halogens is 3. The molecule has 2 rings (SSSR count). The van der Waals surface area contributed by atoms with E-state index in [1.807, 2.05) is 0 Å². The zero-order chi connectivity index (χ0) is 12.6. The van der Waals surface area contributed by atoms with Crippen LogP contribution in [-0.4, -0.2) is 22.5 Å². The van der Waals surface area contributed by atoms with Crippen LogP contribution in [0, 0.1) is 11.6 Å². The Morgan fingerprint density at radius 2 is 1.88 bits per heavy atom. The van der Waals surface area contributed by atoms with Crippen molar-refractivity contribution in [3.63, 3.8) is 0 Å². The zero-order valence-electron chi connectivity index (χ0n) is 8.19. The number of rotatable bonds is 1. The number of aliphatic imine (C=N–C) groups is 1. The van der Waals surface area contributed by atoms with E-state index in [9.17, 15) is 18.1 Å². The van der Waals surface area contributed by atoms with Crippen molar-refractivity contribution in [3.8, 4) is 5.75 Å². The second kappa shape index (κ2) is 3.93. The summed E-state index contributed by atoms with van der Waals surface area (Å²) >= 11 is 0. The average Bonchev–Trinajstić information content (AvgIpc) is 2.57. The van der Waals surface area contributed by atoms with Gasteiger partial charge in [0.1, 0.15) is 12.0 Å². The van der Waals surface area contributed by atoms with E-state index in [0.717, 1.165) is 18.2 Å². The quantitative estimate of drug-likeness (QED) is 0.603. The van der Waals surface area contributed by atoms with Crippen molar-refractivity contribution >= 4 is 18.3 Å². The third kappa shape index (κ3) is 1.99. The van der Waals surface area contributed by atoms with Crippen molar-refractivity contribution in [3.05, 3.63) is 35.0 Å². The van der Waals surface area contributed by atoms with Gasteiger partial charge in [-0.3, -0.25) is 4.79 Å². The molecule has 1 heterocycles. The van der Waals surface area contributed by atoms with Crippen molar-refractivity contribution in [2.24, 2.45) is 4.99 Å². The largest absolute Gasteiger partial charge is 0.503 e. The Labute approximate surface area is 93.2 Å². The summed E-state index contributed by atoms with van der Waals surface area (Å²) in [6, 6.07) is 1.54. The van der Waals surface area contributed by atoms with Gasteiger partial charge in [0.25, 0.3) is 5.91 Å². The third-order valence-corrected chi connectivity index (χ3v) is 2.07. The van der Waals surface area contributed by atoms with E-state index in [4.69, 9.17) is 5.11 Å². The maximum atomic E-state index is 13.0. The summed E-state index contributed by atoms with van der Waals surface area (Å²) in [4.78, 5) is 14.2. The summed E-state index contributed by atoms with van der Waals surface area (Å²) in [5.74, 6) is -4.39. The van der Waals surface area contributed by atoms with Crippen molar-refractivity contribution < 1.29 is 23.2 Å². The van der Waals surface area contributed by atoms with Crippen LogP contribution >= 0.6 is 0 Å². The number of amides is 1. The van der Waals surface area contributed by atoms with Gasteiger partial charge in [-0.05, 0) is 23.8 Å². The average molecular weight is 242 g/mol. The number of phenolic OH excluding ortho intramolecular Hbond substituents is 1. The van der Waals surface area contributed by atoms with E-state index >= 15 is 0 Å². The lowest BCUT2D eigenvalue weighted by molar-refractivity contribution is -0.115. The van der Waals surface area contributed by atoms with Crippen molar-refractivity contribution in [1.82, 2.24) is 5.12 Å². The first-order valence-electron chi connectivity index (χ1n) is 4.42. The van der Waals surface area contributed by atoms with E-state index in [0.29, 0.717) is 6.34 Å². The number of aromatic hydroxyl groups is 1. The molecule has 1 aliphatic heterocycles. The lowest BCUT2D eigenvalue weighted by atomic mass is 10.1. The summed E-state index contributed by atoms with van der Waals surface area (Å²) in [6.45, 7) is 0. The Kier molecular flexibility index (Phi) is 2.58. The van der Waals surface area contributed by atoms with Gasteiger partial charge < -0.3 is 5.11 Å². The van der Waals surface area contributed by atoms with Crippen molar-refractivity contribution in [2.45, 2.75) is 0 Å². The Hall–Kier alpha value is -2.31. The highest BCUT2D eigenvalue weighted by Gasteiger charge is 2.22. The minimum atomic E-state index is -1.20. The number of nitrogens with zero attached hydrogens (tertiary/aromatic N) is 2. The van der Waals surface area contributed by atoms with E-state index in [-0.39, 0.29) is 10.7 Å². The Balaban J connectivity index is 2.43. The highest BCUT2D eigenvalue weighted by Crippen LogP contribution is 2.24. The van der Waals surface area contributed by atoms with Crippen molar-refractivity contribution in [2.75, 3.05) is 0 Å². The molecule has 0 unspecified atom stereocenters. The Bertz CT molecular complexity index is 531. The first-order valence-corrected chi connectivity index (χ1v) is 4.42. The number of carbonyl (C=O) groups is 1. The van der Waals surface area contributed by atoms with E-state index in [1.165, 1.54) is 0 Å². The highest BCUT2D eigenvalue weighted by molar-refractivity contribution is 6.06. The molecule has 0 bridgehead atoms. The molecule has 0 fully saturated rings. The van der Waals surface area contributed by atoms with Crippen molar-refractivity contribution in [1.29, 1.82) is 0 Å². The van der Waals surface area contributed by atoms with Gasteiger partial charge in [-0.1, -0.05) is 4.48 Å². The molecule has 0 aliphatic carbocycles. The molecule has 0 aromatic heterocycles. The second-order valence-corrected chi connectivity index (χ2v) is 3.22. The zero-order valence-corrected chi connectivity index (χ0v) is 8.19. The van der Waals surface area contributed by atoms with E-state index in [2.05, 4.69) is 4.99 Å². The fraction of sp³-hybridized carbons (Fsp3) is 0. The summed E-state index contributed by atoms with van der Waals surface area (Å²) in [6.07, 6.45) is 1.56. The predicted molar refractivity (Wildman–Crippen MR) is 52.4 cm³/mol. The van der Waals surface area contributed by atoms with Gasteiger partial charge in [-0.25, -0.2) is 8.78 Å². The summed E-state index contributed by atoms with van der Waals surface area (Å²) in [5.41, 5.74) is -0.566. The molecule has 1 aromatic carbocycles. The van der Waals surface area contributed by atoms with Crippen LogP contribution in [0.4, 0.5) is 13.3 Å². The highest BCUT2D eigenvalue weighted by atomic mass is 19.2. The van der Waals surface area contributed by atoms with E-state index in [1.54, 1.807) is 0 Å². The normalized spacial score (nSPS) is 17.2. The van der Waals surface area contributed by atoms with Crippen LogP contribution in [0.3, 0.4) is 0 Å². The molecule has 1 aliphatic rings. The number of hydrogen-bond acceptors (Lipinski definition) is 3. The molecule has 17 heavy (non-hydrogen) atoms. The summed E-state index contributed by atoms with van der Waals surface area (Å²) in [7, 11) is 0. The molecule has 0 spiro atoms. The summed E-state index contributed by atoms with van der Waals surface area (Å²) in [5, 5.41) is 8.78. The number of carbonyl (C=O) groups excluding carboxylic acids is 1. The number of hydrogen-bond donors (Lipinski definition) is 1. The first kappa shape index (κ1) is 11.2. The minimum absolute atomic E-state index is 0.0645. The summed E-state index contributed by atoms with van der Waals surface area (Å²) < 4.78 is 38.9. The molecule has 4 nitrogen and oxygen atoms in total. The fourth-order valence-electron chi connectivity index (χ4n) is 1.27. The van der Waals surface area contributed by atoms with Gasteiger partial charge in [-0.15, -0.1) is 0 Å². The number of phenols is 1. The number of benzene rings is 1. The van der Waals surface area contributed by atoms with Crippen LogP contribution in [0.5, 0.6) is 5.75 Å². The third-order valence-electron chi connectivity index (χ3n) is 2.07. The molecule has 88 valence electrons. The lowest BCUT2D eigenvalue weighted by Crippen LogP contribution is -2.08. The molecule has 1 amide bonds. The molecule has 0 saturated heterocycles.